The lowest BCUT2D eigenvalue weighted by molar-refractivity contribution is 0.313. The lowest BCUT2D eigenvalue weighted by Gasteiger charge is -2.34. The smallest absolute Gasteiger partial charge is 0.261 e. The topological polar surface area (TPSA) is 92.1 Å². The molecule has 182 valence electrons. The van der Waals surface area contributed by atoms with Crippen molar-refractivity contribution in [2.75, 3.05) is 56.5 Å². The van der Waals surface area contributed by atoms with E-state index in [0.717, 1.165) is 79.0 Å². The summed E-state index contributed by atoms with van der Waals surface area (Å²) < 4.78 is 0. The van der Waals surface area contributed by atoms with Gasteiger partial charge in [0.15, 0.2) is 0 Å². The maximum atomic E-state index is 13.3. The van der Waals surface area contributed by atoms with Crippen molar-refractivity contribution in [3.05, 3.63) is 51.8 Å². The van der Waals surface area contributed by atoms with Crippen LogP contribution in [0.2, 0.25) is 5.02 Å². The zero-order chi connectivity index (χ0) is 23.9. The van der Waals surface area contributed by atoms with Crippen LogP contribution < -0.4 is 21.1 Å². The van der Waals surface area contributed by atoms with Gasteiger partial charge in [-0.25, -0.2) is 4.98 Å². The summed E-state index contributed by atoms with van der Waals surface area (Å²) in [6.07, 6.45) is 2.28. The highest BCUT2D eigenvalue weighted by Gasteiger charge is 2.21. The molecule has 2 saturated heterocycles. The van der Waals surface area contributed by atoms with Crippen molar-refractivity contribution in [1.82, 2.24) is 25.2 Å². The molecule has 0 saturated carbocycles. The standard InChI is InChI=1S/C26H30ClN7O/c1-33-9-11-34(12-10-33)18-5-7-21-22(14-18)31-25(30-21)23-24(29-15-17-3-2-8-28-17)19-13-16(27)4-6-20(19)32-26(23)35/h4-7,13-14,17,28H,2-3,8-12,15H2,1H3,(H,30,31)(H2,29,32,35)/t17-/m1/s1. The van der Waals surface area contributed by atoms with Crippen molar-refractivity contribution < 1.29 is 0 Å². The van der Waals surface area contributed by atoms with E-state index in [-0.39, 0.29) is 5.56 Å². The zero-order valence-electron chi connectivity index (χ0n) is 19.8. The number of hydrogen-bond donors (Lipinski definition) is 4. The first-order valence-electron chi connectivity index (χ1n) is 12.3. The molecule has 0 aliphatic carbocycles. The molecule has 2 aromatic heterocycles. The minimum Gasteiger partial charge on any atom is -0.382 e. The molecule has 2 aromatic carbocycles. The second-order valence-corrected chi connectivity index (χ2v) is 10.1. The zero-order valence-corrected chi connectivity index (χ0v) is 20.6. The molecule has 2 fully saturated rings. The fourth-order valence-corrected chi connectivity index (χ4v) is 5.38. The molecule has 0 radical (unpaired) electrons. The molecule has 9 heteroatoms. The first-order valence-corrected chi connectivity index (χ1v) is 12.7. The van der Waals surface area contributed by atoms with Gasteiger partial charge in [0.25, 0.3) is 5.56 Å². The summed E-state index contributed by atoms with van der Waals surface area (Å²) in [4.78, 5) is 29.4. The number of halogens is 1. The molecule has 8 nitrogen and oxygen atoms in total. The van der Waals surface area contributed by atoms with Crippen molar-refractivity contribution in [3.8, 4) is 11.4 Å². The number of hydrogen-bond acceptors (Lipinski definition) is 6. The van der Waals surface area contributed by atoms with Crippen molar-refractivity contribution >= 4 is 44.9 Å². The number of H-pyrrole nitrogens is 2. The van der Waals surface area contributed by atoms with Crippen LogP contribution in [0.15, 0.2) is 41.2 Å². The van der Waals surface area contributed by atoms with Crippen LogP contribution in [0.5, 0.6) is 0 Å². The maximum absolute atomic E-state index is 13.3. The van der Waals surface area contributed by atoms with E-state index in [1.807, 2.05) is 12.1 Å². The minimum absolute atomic E-state index is 0.181. The molecule has 1 atom stereocenters. The fraction of sp³-hybridized carbons (Fsp3) is 0.385. The highest BCUT2D eigenvalue weighted by atomic mass is 35.5. The Hall–Kier alpha value is -3.07. The third-order valence-electron chi connectivity index (χ3n) is 7.24. The van der Waals surface area contributed by atoms with E-state index in [0.29, 0.717) is 22.5 Å². The molecular weight excluding hydrogens is 462 g/mol. The number of benzene rings is 2. The van der Waals surface area contributed by atoms with Gasteiger partial charge in [-0.3, -0.25) is 4.79 Å². The van der Waals surface area contributed by atoms with Gasteiger partial charge < -0.3 is 30.4 Å². The van der Waals surface area contributed by atoms with Crippen LogP contribution in [0.1, 0.15) is 12.8 Å². The number of aromatic amines is 2. The predicted octanol–water partition coefficient (Wildman–Crippen LogP) is 3.64. The number of imidazole rings is 1. The molecule has 4 aromatic rings. The molecular formula is C26H30ClN7O. The largest absolute Gasteiger partial charge is 0.382 e. The number of nitrogens with zero attached hydrogens (tertiary/aromatic N) is 3. The van der Waals surface area contributed by atoms with E-state index >= 15 is 0 Å². The van der Waals surface area contributed by atoms with E-state index in [1.165, 1.54) is 6.42 Å². The van der Waals surface area contributed by atoms with Crippen LogP contribution in [0.4, 0.5) is 11.4 Å². The van der Waals surface area contributed by atoms with Crippen LogP contribution in [0.25, 0.3) is 33.3 Å². The normalized spacial score (nSPS) is 19.1. The quantitative estimate of drug-likeness (QED) is 0.341. The van der Waals surface area contributed by atoms with E-state index < -0.39 is 0 Å². The van der Waals surface area contributed by atoms with Gasteiger partial charge in [0, 0.05) is 54.9 Å². The molecule has 0 unspecified atom stereocenters. The number of nitrogens with one attached hydrogen (secondary N) is 4. The number of rotatable bonds is 5. The maximum Gasteiger partial charge on any atom is 0.261 e. The van der Waals surface area contributed by atoms with Gasteiger partial charge >= 0.3 is 0 Å². The summed E-state index contributed by atoms with van der Waals surface area (Å²) in [6, 6.07) is 12.2. The van der Waals surface area contributed by atoms with E-state index in [4.69, 9.17) is 16.6 Å². The molecule has 2 aliphatic rings. The SMILES string of the molecule is CN1CCN(c2ccc3[nH]c(-c4c(NC[C@H]5CCCN5)c5cc(Cl)ccc5[nH]c4=O)nc3c2)CC1. The molecule has 6 rings (SSSR count). The molecule has 0 bridgehead atoms. The molecule has 0 spiro atoms. The van der Waals surface area contributed by atoms with Crippen LogP contribution in [-0.2, 0) is 0 Å². The van der Waals surface area contributed by atoms with Gasteiger partial charge in [-0.15, -0.1) is 0 Å². The van der Waals surface area contributed by atoms with Crippen molar-refractivity contribution in [1.29, 1.82) is 0 Å². The number of anilines is 2. The van der Waals surface area contributed by atoms with Crippen LogP contribution in [0, 0.1) is 0 Å². The molecule has 4 N–H and O–H groups in total. The van der Waals surface area contributed by atoms with Gasteiger partial charge in [-0.2, -0.15) is 0 Å². The fourth-order valence-electron chi connectivity index (χ4n) is 5.21. The van der Waals surface area contributed by atoms with Crippen LogP contribution in [0.3, 0.4) is 0 Å². The van der Waals surface area contributed by atoms with Crippen LogP contribution >= 0.6 is 11.6 Å². The van der Waals surface area contributed by atoms with Gasteiger partial charge in [0.1, 0.15) is 11.4 Å². The highest BCUT2D eigenvalue weighted by molar-refractivity contribution is 6.31. The van der Waals surface area contributed by atoms with E-state index in [1.54, 1.807) is 6.07 Å². The number of aromatic nitrogens is 3. The lowest BCUT2D eigenvalue weighted by atomic mass is 10.1. The Kier molecular flexibility index (Phi) is 5.88. The van der Waals surface area contributed by atoms with Crippen molar-refractivity contribution in [2.45, 2.75) is 18.9 Å². The van der Waals surface area contributed by atoms with E-state index in [9.17, 15) is 4.79 Å². The Morgan fingerprint density at radius 2 is 1.91 bits per heavy atom. The number of piperazine rings is 1. The Balaban J connectivity index is 1.42. The monoisotopic (exact) mass is 491 g/mol. The Labute approximate surface area is 208 Å². The molecule has 0 amide bonds. The second-order valence-electron chi connectivity index (χ2n) is 9.65. The van der Waals surface area contributed by atoms with Crippen molar-refractivity contribution in [3.63, 3.8) is 0 Å². The number of fused-ring (bicyclic) bond motifs is 2. The van der Waals surface area contributed by atoms with Crippen molar-refractivity contribution in [2.24, 2.45) is 0 Å². The first-order chi connectivity index (χ1) is 17.0. The first kappa shape index (κ1) is 22.4. The Morgan fingerprint density at radius 3 is 2.71 bits per heavy atom. The van der Waals surface area contributed by atoms with Gasteiger partial charge in [0.2, 0.25) is 0 Å². The van der Waals surface area contributed by atoms with Crippen LogP contribution in [-0.4, -0.2) is 72.2 Å². The van der Waals surface area contributed by atoms with Gasteiger partial charge in [-0.05, 0) is 62.8 Å². The average Bonchev–Trinajstić information content (AvgIpc) is 3.52. The molecule has 35 heavy (non-hydrogen) atoms. The second kappa shape index (κ2) is 9.18. The Morgan fingerprint density at radius 1 is 1.09 bits per heavy atom. The highest BCUT2D eigenvalue weighted by Crippen LogP contribution is 2.33. The summed E-state index contributed by atoms with van der Waals surface area (Å²) in [5.74, 6) is 0.556. The minimum atomic E-state index is -0.181. The number of pyridine rings is 1. The summed E-state index contributed by atoms with van der Waals surface area (Å²) >= 11 is 6.36. The van der Waals surface area contributed by atoms with Gasteiger partial charge in [-0.1, -0.05) is 11.6 Å². The summed E-state index contributed by atoms with van der Waals surface area (Å²) in [7, 11) is 2.16. The molecule has 4 heterocycles. The third-order valence-corrected chi connectivity index (χ3v) is 7.47. The summed E-state index contributed by atoms with van der Waals surface area (Å²) in [5, 5.41) is 8.58. The predicted molar refractivity (Wildman–Crippen MR) is 144 cm³/mol. The van der Waals surface area contributed by atoms with Gasteiger partial charge in [0.05, 0.1) is 22.2 Å². The number of likely N-dealkylation sites (N-methyl/N-ethyl adjacent to an activating group) is 1. The third kappa shape index (κ3) is 4.37. The summed E-state index contributed by atoms with van der Waals surface area (Å²) in [5.41, 5.74) is 4.76. The average molecular weight is 492 g/mol. The summed E-state index contributed by atoms with van der Waals surface area (Å²) in [6.45, 7) is 5.83. The lowest BCUT2D eigenvalue weighted by Crippen LogP contribution is -2.44. The molecule has 2 aliphatic heterocycles. The van der Waals surface area contributed by atoms with E-state index in [2.05, 4.69) is 55.6 Å². The Bertz CT molecular complexity index is 1430.